The molecule has 0 aliphatic carbocycles. The number of hydrogen-bond acceptors (Lipinski definition) is 5. The summed E-state index contributed by atoms with van der Waals surface area (Å²) in [6.07, 6.45) is 16.1. The number of terminal acetylenes is 3. The van der Waals surface area contributed by atoms with E-state index in [0.29, 0.717) is 21.2 Å². The Hall–Kier alpha value is -3.34. The van der Waals surface area contributed by atoms with Crippen LogP contribution >= 0.6 is 15.9 Å². The maximum Gasteiger partial charge on any atom is 0.264 e. The lowest BCUT2D eigenvalue weighted by molar-refractivity contribution is 0.281. The van der Waals surface area contributed by atoms with E-state index in [-0.39, 0.29) is 51.6 Å². The number of halogens is 4. The molecule has 3 aromatic rings. The Bertz CT molecular complexity index is 1550. The van der Waals surface area contributed by atoms with Crippen LogP contribution in [0.3, 0.4) is 0 Å². The zero-order valence-electron chi connectivity index (χ0n) is 23.6. The molecule has 0 amide bonds. The molecule has 240 valence electrons. The van der Waals surface area contributed by atoms with Crippen LogP contribution in [0, 0.1) is 54.1 Å². The first-order valence-electron chi connectivity index (χ1n) is 12.0. The van der Waals surface area contributed by atoms with Crippen molar-refractivity contribution in [2.45, 2.75) is 54.3 Å². The average molecular weight is 714 g/mol. The Labute approximate surface area is 270 Å². The van der Waals surface area contributed by atoms with Crippen LogP contribution in [0.2, 0.25) is 19.6 Å². The molecule has 0 spiro atoms. The second kappa shape index (κ2) is 22.2. The topological polar surface area (TPSA) is 83.8 Å². The van der Waals surface area contributed by atoms with E-state index >= 15 is 0 Å². The molecular formula is C33H40BrF3O5SSi. The number of hydrogen-bond donors (Lipinski definition) is 2. The van der Waals surface area contributed by atoms with Gasteiger partial charge in [-0.25, -0.2) is 13.2 Å². The summed E-state index contributed by atoms with van der Waals surface area (Å²) in [5, 5.41) is 17.3. The molecule has 11 heteroatoms. The maximum absolute atomic E-state index is 12.9. The van der Waals surface area contributed by atoms with Crippen molar-refractivity contribution in [1.29, 1.82) is 0 Å². The third kappa shape index (κ3) is 19.8. The van der Waals surface area contributed by atoms with Gasteiger partial charge in [0.25, 0.3) is 10.1 Å². The van der Waals surface area contributed by atoms with Crippen LogP contribution in [-0.4, -0.2) is 33.0 Å². The SMILES string of the molecule is C.C.C#C[Si](C)(C)C.C#Cc1cc(CO)ccc1F.C#Cc1cc(COS(C)(=O)=O)ccc1F.OCc1ccc(F)c(Br)c1. The molecule has 0 atom stereocenters. The fourth-order valence-electron chi connectivity index (χ4n) is 2.37. The predicted octanol–water partition coefficient (Wildman–Crippen LogP) is 7.43. The van der Waals surface area contributed by atoms with Crippen molar-refractivity contribution in [3.8, 4) is 36.7 Å². The number of benzene rings is 3. The predicted molar refractivity (Wildman–Crippen MR) is 180 cm³/mol. The fourth-order valence-corrected chi connectivity index (χ4v) is 3.14. The first-order chi connectivity index (χ1) is 19.5. The van der Waals surface area contributed by atoms with Crippen LogP contribution in [0.15, 0.2) is 59.1 Å². The molecule has 3 rings (SSSR count). The summed E-state index contributed by atoms with van der Waals surface area (Å²) in [4.78, 5) is 0. The highest BCUT2D eigenvalue weighted by Crippen LogP contribution is 2.16. The van der Waals surface area contributed by atoms with E-state index in [1.807, 2.05) is 0 Å². The first-order valence-corrected chi connectivity index (χ1v) is 18.1. The molecule has 0 fully saturated rings. The Balaban J connectivity index is -0.000000523. The molecule has 3 aromatic carbocycles. The van der Waals surface area contributed by atoms with E-state index < -0.39 is 29.8 Å². The van der Waals surface area contributed by atoms with Crippen molar-refractivity contribution >= 4 is 34.1 Å². The fraction of sp³-hybridized carbons (Fsp3) is 0.273. The van der Waals surface area contributed by atoms with E-state index in [2.05, 4.69) is 57.1 Å². The van der Waals surface area contributed by atoms with Gasteiger partial charge in [-0.3, -0.25) is 4.18 Å². The summed E-state index contributed by atoms with van der Waals surface area (Å²) >= 11 is 3.00. The summed E-state index contributed by atoms with van der Waals surface area (Å²) in [5.41, 5.74) is 4.86. The molecular weight excluding hydrogens is 673 g/mol. The molecule has 0 heterocycles. The van der Waals surface area contributed by atoms with Gasteiger partial charge in [-0.1, -0.05) is 64.5 Å². The van der Waals surface area contributed by atoms with Crippen molar-refractivity contribution in [3.05, 3.63) is 104 Å². The van der Waals surface area contributed by atoms with Crippen LogP contribution in [0.5, 0.6) is 0 Å². The van der Waals surface area contributed by atoms with Crippen LogP contribution in [0.4, 0.5) is 13.2 Å². The minimum Gasteiger partial charge on any atom is -0.392 e. The number of rotatable bonds is 5. The molecule has 0 aromatic heterocycles. The standard InChI is InChI=1S/C10H9FO3S.C9H7FO.C7H6BrFO.C5H10Si.2CH4/c1-3-9-6-8(4-5-10(9)11)7-14-15(2,12)13;1-2-8-5-7(6-11)3-4-9(8)10;8-6-3-5(4-10)1-2-7(6)9;1-5-6(2,3)4;;/h1,4-6H,7H2,2H3;1,3-5,11H,6H2;1-3,10H,4H2;1H,2-4H3;2*1H4. The van der Waals surface area contributed by atoms with Gasteiger partial charge in [-0.2, -0.15) is 8.42 Å². The van der Waals surface area contributed by atoms with Crippen LogP contribution < -0.4 is 0 Å². The smallest absolute Gasteiger partial charge is 0.264 e. The molecule has 0 aliphatic heterocycles. The minimum atomic E-state index is -3.50. The lowest BCUT2D eigenvalue weighted by Gasteiger charge is -2.02. The third-order valence-electron chi connectivity index (χ3n) is 4.59. The molecule has 0 aliphatic rings. The molecule has 44 heavy (non-hydrogen) atoms. The van der Waals surface area contributed by atoms with Gasteiger partial charge in [0, 0.05) is 0 Å². The zero-order chi connectivity index (χ0) is 32.5. The van der Waals surface area contributed by atoms with Crippen molar-refractivity contribution in [2.75, 3.05) is 6.26 Å². The summed E-state index contributed by atoms with van der Waals surface area (Å²) in [5.74, 6) is 3.09. The molecule has 0 saturated heterocycles. The van der Waals surface area contributed by atoms with Gasteiger partial charge in [0.1, 0.15) is 25.5 Å². The lowest BCUT2D eigenvalue weighted by Crippen LogP contribution is -2.15. The average Bonchev–Trinajstić information content (AvgIpc) is 2.94. The number of aliphatic hydroxyl groups excluding tert-OH is 2. The van der Waals surface area contributed by atoms with Gasteiger partial charge in [0.15, 0.2) is 0 Å². The van der Waals surface area contributed by atoms with Crippen molar-refractivity contribution in [1.82, 2.24) is 0 Å². The van der Waals surface area contributed by atoms with E-state index in [1.165, 1.54) is 42.5 Å². The second-order valence-corrected chi connectivity index (χ2v) is 16.6. The normalized spacial score (nSPS) is 9.70. The van der Waals surface area contributed by atoms with E-state index in [1.54, 1.807) is 12.1 Å². The first kappa shape index (κ1) is 45.1. The van der Waals surface area contributed by atoms with Gasteiger partial charge in [0.05, 0.1) is 41.7 Å². The monoisotopic (exact) mass is 712 g/mol. The molecule has 0 saturated carbocycles. The van der Waals surface area contributed by atoms with Gasteiger partial charge in [-0.15, -0.1) is 24.8 Å². The molecule has 0 radical (unpaired) electrons. The Morgan fingerprint density at radius 3 is 1.48 bits per heavy atom. The molecule has 5 nitrogen and oxygen atoms in total. The highest BCUT2D eigenvalue weighted by Gasteiger charge is 2.06. The highest BCUT2D eigenvalue weighted by atomic mass is 79.9. The summed E-state index contributed by atoms with van der Waals surface area (Å²) in [6.45, 7) is 6.12. The van der Waals surface area contributed by atoms with Crippen molar-refractivity contribution in [2.24, 2.45) is 0 Å². The molecule has 0 bridgehead atoms. The number of aliphatic hydroxyl groups is 2. The summed E-state index contributed by atoms with van der Waals surface area (Å²) < 4.78 is 64.4. The van der Waals surface area contributed by atoms with Gasteiger partial charge >= 0.3 is 0 Å². The quantitative estimate of drug-likeness (QED) is 0.163. The van der Waals surface area contributed by atoms with Crippen LogP contribution in [-0.2, 0) is 34.1 Å². The highest BCUT2D eigenvalue weighted by molar-refractivity contribution is 9.10. The second-order valence-electron chi connectivity index (χ2n) is 9.34. The third-order valence-corrected chi connectivity index (χ3v) is 6.61. The molecule has 0 unspecified atom stereocenters. The van der Waals surface area contributed by atoms with Crippen molar-refractivity contribution in [3.63, 3.8) is 0 Å². The lowest BCUT2D eigenvalue weighted by atomic mass is 10.1. The van der Waals surface area contributed by atoms with E-state index in [9.17, 15) is 21.6 Å². The summed E-state index contributed by atoms with van der Waals surface area (Å²) in [7, 11) is -4.60. The van der Waals surface area contributed by atoms with Crippen LogP contribution in [0.1, 0.15) is 42.7 Å². The Morgan fingerprint density at radius 2 is 1.14 bits per heavy atom. The molecule has 2 N–H and O–H groups in total. The van der Waals surface area contributed by atoms with Crippen molar-refractivity contribution < 1.29 is 36.0 Å². The van der Waals surface area contributed by atoms with Gasteiger partial charge < -0.3 is 10.2 Å². The van der Waals surface area contributed by atoms with E-state index in [0.717, 1.165) is 6.26 Å². The van der Waals surface area contributed by atoms with E-state index in [4.69, 9.17) is 29.5 Å². The zero-order valence-corrected chi connectivity index (χ0v) is 27.0. The summed E-state index contributed by atoms with van der Waals surface area (Å²) in [6, 6.07) is 12.6. The Morgan fingerprint density at radius 1 is 0.773 bits per heavy atom. The van der Waals surface area contributed by atoms with Gasteiger partial charge in [-0.05, 0) is 69.0 Å². The largest absolute Gasteiger partial charge is 0.392 e. The minimum absolute atomic E-state index is 0. The maximum atomic E-state index is 12.9. The Kier molecular flexibility index (Phi) is 22.8. The van der Waals surface area contributed by atoms with Gasteiger partial charge in [0.2, 0.25) is 0 Å². The van der Waals surface area contributed by atoms with Crippen LogP contribution in [0.25, 0.3) is 0 Å².